The molecule has 1 saturated heterocycles. The Balaban J connectivity index is 2.12. The highest BCUT2D eigenvalue weighted by atomic mass is 35.5. The second kappa shape index (κ2) is 8.09. The van der Waals surface area contributed by atoms with Crippen LogP contribution in [0.1, 0.15) is 39.5 Å². The van der Waals surface area contributed by atoms with Crippen LogP contribution < -0.4 is 9.80 Å². The Morgan fingerprint density at radius 3 is 1.93 bits per heavy atom. The molecular formula is C21H24Cl2N2O2. The summed E-state index contributed by atoms with van der Waals surface area (Å²) < 4.78 is 0. The van der Waals surface area contributed by atoms with Crippen molar-refractivity contribution in [1.29, 1.82) is 0 Å². The van der Waals surface area contributed by atoms with Gasteiger partial charge in [0.05, 0.1) is 6.04 Å². The smallest absolute Gasteiger partial charge is 0.331 e. The fourth-order valence-corrected chi connectivity index (χ4v) is 4.11. The number of hydrogen-bond acceptors (Lipinski definition) is 2. The number of hydrogen-bond donors (Lipinski definition) is 1. The number of carbonyl (C=O) groups is 1. The van der Waals surface area contributed by atoms with Crippen molar-refractivity contribution in [3.63, 3.8) is 0 Å². The van der Waals surface area contributed by atoms with Crippen LogP contribution in [0.5, 0.6) is 0 Å². The first-order valence-corrected chi connectivity index (χ1v) is 10.0. The van der Waals surface area contributed by atoms with E-state index in [1.54, 1.807) is 41.3 Å². The number of rotatable bonds is 6. The number of benzene rings is 2. The maximum atomic E-state index is 13.5. The Labute approximate surface area is 170 Å². The van der Waals surface area contributed by atoms with E-state index in [0.717, 1.165) is 18.5 Å². The van der Waals surface area contributed by atoms with Crippen molar-refractivity contribution in [2.45, 2.75) is 51.3 Å². The fraction of sp³-hybridized carbons (Fsp3) is 0.381. The van der Waals surface area contributed by atoms with Crippen LogP contribution in [-0.4, -0.2) is 22.9 Å². The van der Waals surface area contributed by atoms with Crippen molar-refractivity contribution < 1.29 is 9.90 Å². The average Bonchev–Trinajstić information content (AvgIpc) is 2.85. The lowest BCUT2D eigenvalue weighted by molar-refractivity contribution is 0.0237. The topological polar surface area (TPSA) is 43.8 Å². The first-order chi connectivity index (χ1) is 12.9. The van der Waals surface area contributed by atoms with Crippen molar-refractivity contribution in [2.75, 3.05) is 9.80 Å². The zero-order valence-electron chi connectivity index (χ0n) is 15.5. The lowest BCUT2D eigenvalue weighted by Crippen LogP contribution is -2.52. The van der Waals surface area contributed by atoms with Crippen LogP contribution in [0.25, 0.3) is 0 Å². The normalized spacial score (nSPS) is 22.6. The van der Waals surface area contributed by atoms with Gasteiger partial charge in [0.2, 0.25) is 0 Å². The average molecular weight is 407 g/mol. The molecule has 0 radical (unpaired) electrons. The molecule has 27 heavy (non-hydrogen) atoms. The third kappa shape index (κ3) is 3.66. The maximum absolute atomic E-state index is 13.5. The van der Waals surface area contributed by atoms with E-state index in [9.17, 15) is 9.90 Å². The highest BCUT2D eigenvalue weighted by molar-refractivity contribution is 6.31. The third-order valence-corrected chi connectivity index (χ3v) is 5.50. The van der Waals surface area contributed by atoms with Crippen LogP contribution in [0.4, 0.5) is 16.2 Å². The summed E-state index contributed by atoms with van der Waals surface area (Å²) in [4.78, 5) is 16.7. The minimum Gasteiger partial charge on any atom is -0.368 e. The number of halogens is 2. The van der Waals surface area contributed by atoms with E-state index in [1.165, 1.54) is 4.90 Å². The summed E-state index contributed by atoms with van der Waals surface area (Å²) >= 11 is 12.0. The monoisotopic (exact) mass is 406 g/mol. The molecule has 144 valence electrons. The summed E-state index contributed by atoms with van der Waals surface area (Å²) in [5, 5.41) is 12.9. The lowest BCUT2D eigenvalue weighted by Gasteiger charge is -2.36. The fourth-order valence-electron chi connectivity index (χ4n) is 3.86. The SMILES string of the molecule is CCCC1N(c2ccc(Cl)cc2)C(=O)N(c2ccc(Cl)cc2)C1(O)CCC. The van der Waals surface area contributed by atoms with Gasteiger partial charge in [-0.15, -0.1) is 0 Å². The summed E-state index contributed by atoms with van der Waals surface area (Å²) in [6, 6.07) is 13.6. The van der Waals surface area contributed by atoms with Gasteiger partial charge < -0.3 is 5.11 Å². The first kappa shape index (κ1) is 20.0. The number of aliphatic hydroxyl groups is 1. The van der Waals surface area contributed by atoms with Crippen LogP contribution in [0.2, 0.25) is 10.0 Å². The quantitative estimate of drug-likeness (QED) is 0.629. The van der Waals surface area contributed by atoms with Gasteiger partial charge >= 0.3 is 6.03 Å². The Bertz CT molecular complexity index is 795. The lowest BCUT2D eigenvalue weighted by atomic mass is 9.93. The minimum atomic E-state index is -1.30. The first-order valence-electron chi connectivity index (χ1n) is 9.29. The van der Waals surface area contributed by atoms with Crippen molar-refractivity contribution in [1.82, 2.24) is 0 Å². The predicted octanol–water partition coefficient (Wildman–Crippen LogP) is 6.10. The highest BCUT2D eigenvalue weighted by Gasteiger charge is 2.56. The maximum Gasteiger partial charge on any atom is 0.331 e. The molecule has 2 amide bonds. The van der Waals surface area contributed by atoms with E-state index in [0.29, 0.717) is 28.6 Å². The molecule has 2 aromatic carbocycles. The van der Waals surface area contributed by atoms with Gasteiger partial charge in [-0.2, -0.15) is 0 Å². The molecule has 2 atom stereocenters. The van der Waals surface area contributed by atoms with Crippen LogP contribution in [0.15, 0.2) is 48.5 Å². The molecule has 3 rings (SSSR count). The molecule has 1 N–H and O–H groups in total. The molecule has 0 aromatic heterocycles. The molecule has 0 spiro atoms. The third-order valence-electron chi connectivity index (χ3n) is 5.00. The number of anilines is 2. The number of urea groups is 1. The van der Waals surface area contributed by atoms with E-state index >= 15 is 0 Å². The molecule has 6 heteroatoms. The second-order valence-corrected chi connectivity index (χ2v) is 7.75. The largest absolute Gasteiger partial charge is 0.368 e. The zero-order chi connectivity index (χ0) is 19.6. The summed E-state index contributed by atoms with van der Waals surface area (Å²) in [5.41, 5.74) is 0.0710. The molecule has 1 aliphatic heterocycles. The zero-order valence-corrected chi connectivity index (χ0v) is 17.0. The predicted molar refractivity (Wildman–Crippen MR) is 112 cm³/mol. The van der Waals surface area contributed by atoms with Crippen LogP contribution in [-0.2, 0) is 0 Å². The van der Waals surface area contributed by atoms with Crippen molar-refractivity contribution >= 4 is 40.6 Å². The standard InChI is InChI=1S/C21H24Cl2N2O2/c1-3-5-19-21(27,14-4-2)25(18-12-8-16(23)9-13-18)20(26)24(19)17-10-6-15(22)7-11-17/h6-13,19,27H,3-5,14H2,1-2H3. The van der Waals surface area contributed by atoms with Crippen molar-refractivity contribution in [3.8, 4) is 0 Å². The Morgan fingerprint density at radius 1 is 0.926 bits per heavy atom. The molecule has 4 nitrogen and oxygen atoms in total. The van der Waals surface area contributed by atoms with Gasteiger partial charge in [0.25, 0.3) is 0 Å². The molecule has 1 heterocycles. The molecule has 2 aromatic rings. The van der Waals surface area contributed by atoms with Gasteiger partial charge in [0, 0.05) is 21.4 Å². The molecule has 2 unspecified atom stereocenters. The molecule has 1 fully saturated rings. The number of nitrogens with zero attached hydrogens (tertiary/aromatic N) is 2. The van der Waals surface area contributed by atoms with Crippen molar-refractivity contribution in [2.24, 2.45) is 0 Å². The Kier molecular flexibility index (Phi) is 5.99. The van der Waals surface area contributed by atoms with Gasteiger partial charge in [0.15, 0.2) is 5.72 Å². The van der Waals surface area contributed by atoms with Crippen molar-refractivity contribution in [3.05, 3.63) is 58.6 Å². The van der Waals surface area contributed by atoms with Crippen LogP contribution >= 0.6 is 23.2 Å². The molecule has 1 aliphatic rings. The summed E-state index contributed by atoms with van der Waals surface area (Å²) in [6.45, 7) is 4.07. The summed E-state index contributed by atoms with van der Waals surface area (Å²) in [7, 11) is 0. The summed E-state index contributed by atoms with van der Waals surface area (Å²) in [5.74, 6) is 0. The van der Waals surface area contributed by atoms with Crippen LogP contribution in [0.3, 0.4) is 0 Å². The van der Waals surface area contributed by atoms with Gasteiger partial charge in [-0.1, -0.05) is 49.9 Å². The minimum absolute atomic E-state index is 0.242. The van der Waals surface area contributed by atoms with E-state index in [1.807, 2.05) is 19.1 Å². The van der Waals surface area contributed by atoms with E-state index in [4.69, 9.17) is 23.2 Å². The van der Waals surface area contributed by atoms with Gasteiger partial charge in [-0.05, 0) is 61.4 Å². The van der Waals surface area contributed by atoms with E-state index < -0.39 is 5.72 Å². The number of carbonyl (C=O) groups excluding carboxylic acids is 1. The second-order valence-electron chi connectivity index (χ2n) is 6.87. The van der Waals surface area contributed by atoms with Crippen LogP contribution in [0, 0.1) is 0 Å². The van der Waals surface area contributed by atoms with E-state index in [-0.39, 0.29) is 12.1 Å². The molecule has 0 aliphatic carbocycles. The Morgan fingerprint density at radius 2 is 1.44 bits per heavy atom. The number of amides is 2. The van der Waals surface area contributed by atoms with Gasteiger partial charge in [-0.25, -0.2) is 4.79 Å². The Hall–Kier alpha value is -1.75. The molecule has 0 bridgehead atoms. The summed E-state index contributed by atoms with van der Waals surface area (Å²) in [6.07, 6.45) is 2.77. The van der Waals surface area contributed by atoms with E-state index in [2.05, 4.69) is 6.92 Å². The van der Waals surface area contributed by atoms with Gasteiger partial charge in [-0.3, -0.25) is 9.80 Å². The highest BCUT2D eigenvalue weighted by Crippen LogP contribution is 2.43. The van der Waals surface area contributed by atoms with Gasteiger partial charge in [0.1, 0.15) is 0 Å². The molecule has 0 saturated carbocycles. The molecular weight excluding hydrogens is 383 g/mol.